The molecule has 0 spiro atoms. The molecule has 0 fully saturated rings. The summed E-state index contributed by atoms with van der Waals surface area (Å²) in [6.45, 7) is 2.53. The van der Waals surface area contributed by atoms with Crippen molar-refractivity contribution in [3.05, 3.63) is 22.4 Å². The molecule has 5 heteroatoms. The van der Waals surface area contributed by atoms with E-state index in [1.54, 1.807) is 13.1 Å². The smallest absolute Gasteiger partial charge is 0.325 e. The number of rotatable bonds is 7. The molecule has 1 aromatic heterocycles. The number of carbonyl (C=O) groups is 2. The second kappa shape index (κ2) is 7.87. The summed E-state index contributed by atoms with van der Waals surface area (Å²) in [5.41, 5.74) is 0. The number of likely N-dealkylation sites (N-methyl/N-ethyl adjacent to an activating group) is 1. The van der Waals surface area contributed by atoms with Gasteiger partial charge in [-0.05, 0) is 17.9 Å². The van der Waals surface area contributed by atoms with Crippen molar-refractivity contribution in [2.75, 3.05) is 20.2 Å². The second-order valence-electron chi connectivity index (χ2n) is 4.07. The molecule has 0 bridgehead atoms. The maximum Gasteiger partial charge on any atom is 0.325 e. The number of hydrogen-bond acceptors (Lipinski definition) is 4. The SMILES string of the molecule is CCCCCOC(=O)CN(C)C(=O)c1cccs1. The van der Waals surface area contributed by atoms with Crippen LogP contribution in [0.4, 0.5) is 0 Å². The van der Waals surface area contributed by atoms with Crippen molar-refractivity contribution >= 4 is 23.2 Å². The zero-order chi connectivity index (χ0) is 13.4. The van der Waals surface area contributed by atoms with Gasteiger partial charge >= 0.3 is 5.97 Å². The Bertz CT molecular complexity index is 376. The summed E-state index contributed by atoms with van der Waals surface area (Å²) < 4.78 is 5.05. The quantitative estimate of drug-likeness (QED) is 0.564. The van der Waals surface area contributed by atoms with E-state index in [1.807, 2.05) is 11.4 Å². The second-order valence-corrected chi connectivity index (χ2v) is 5.01. The van der Waals surface area contributed by atoms with Gasteiger partial charge in [-0.25, -0.2) is 0 Å². The minimum atomic E-state index is -0.349. The Hall–Kier alpha value is -1.36. The van der Waals surface area contributed by atoms with Gasteiger partial charge in [0.15, 0.2) is 0 Å². The van der Waals surface area contributed by atoms with Crippen LogP contribution in [0.5, 0.6) is 0 Å². The van der Waals surface area contributed by atoms with Crippen LogP contribution in [0.15, 0.2) is 17.5 Å². The van der Waals surface area contributed by atoms with Crippen molar-refractivity contribution in [3.63, 3.8) is 0 Å². The number of hydrogen-bond donors (Lipinski definition) is 0. The van der Waals surface area contributed by atoms with Crippen LogP contribution < -0.4 is 0 Å². The number of unbranched alkanes of at least 4 members (excludes halogenated alkanes) is 2. The molecule has 18 heavy (non-hydrogen) atoms. The lowest BCUT2D eigenvalue weighted by molar-refractivity contribution is -0.144. The summed E-state index contributed by atoms with van der Waals surface area (Å²) in [7, 11) is 1.61. The summed E-state index contributed by atoms with van der Waals surface area (Å²) in [5.74, 6) is -0.492. The van der Waals surface area contributed by atoms with Crippen LogP contribution in [0.1, 0.15) is 35.9 Å². The van der Waals surface area contributed by atoms with Crippen molar-refractivity contribution in [3.8, 4) is 0 Å². The fourth-order valence-corrected chi connectivity index (χ4v) is 2.16. The highest BCUT2D eigenvalue weighted by Gasteiger charge is 2.16. The molecule has 0 aromatic carbocycles. The van der Waals surface area contributed by atoms with Crippen LogP contribution in [-0.4, -0.2) is 37.0 Å². The van der Waals surface area contributed by atoms with Gasteiger partial charge in [0.05, 0.1) is 11.5 Å². The summed E-state index contributed by atoms with van der Waals surface area (Å²) >= 11 is 1.37. The lowest BCUT2D eigenvalue weighted by Gasteiger charge is -2.15. The number of ether oxygens (including phenoxy) is 1. The predicted molar refractivity (Wildman–Crippen MR) is 71.8 cm³/mol. The van der Waals surface area contributed by atoms with Gasteiger partial charge in [-0.2, -0.15) is 0 Å². The molecule has 0 aliphatic heterocycles. The van der Waals surface area contributed by atoms with Crippen LogP contribution in [0.25, 0.3) is 0 Å². The van der Waals surface area contributed by atoms with Gasteiger partial charge < -0.3 is 9.64 Å². The van der Waals surface area contributed by atoms with Crippen molar-refractivity contribution in [1.29, 1.82) is 0 Å². The minimum Gasteiger partial charge on any atom is -0.464 e. The van der Waals surface area contributed by atoms with Crippen LogP contribution in [0, 0.1) is 0 Å². The van der Waals surface area contributed by atoms with Crippen LogP contribution >= 0.6 is 11.3 Å². The first-order valence-corrected chi connectivity index (χ1v) is 6.97. The highest BCUT2D eigenvalue weighted by Crippen LogP contribution is 2.10. The highest BCUT2D eigenvalue weighted by atomic mass is 32.1. The van der Waals surface area contributed by atoms with Gasteiger partial charge in [-0.15, -0.1) is 11.3 Å². The third-order valence-corrected chi connectivity index (χ3v) is 3.31. The van der Waals surface area contributed by atoms with Gasteiger partial charge in [-0.1, -0.05) is 25.8 Å². The first-order chi connectivity index (χ1) is 8.65. The van der Waals surface area contributed by atoms with E-state index in [0.717, 1.165) is 19.3 Å². The molecule has 0 aliphatic rings. The predicted octanol–water partition coefficient (Wildman–Crippen LogP) is 2.55. The van der Waals surface area contributed by atoms with E-state index in [9.17, 15) is 9.59 Å². The summed E-state index contributed by atoms with van der Waals surface area (Å²) in [6.07, 6.45) is 3.02. The van der Waals surface area contributed by atoms with Gasteiger partial charge in [-0.3, -0.25) is 9.59 Å². The van der Waals surface area contributed by atoms with Gasteiger partial charge in [0, 0.05) is 7.05 Å². The van der Waals surface area contributed by atoms with Crippen LogP contribution in [0.2, 0.25) is 0 Å². The molecule has 4 nitrogen and oxygen atoms in total. The molecular formula is C13H19NO3S. The molecular weight excluding hydrogens is 250 g/mol. The van der Waals surface area contributed by atoms with E-state index in [2.05, 4.69) is 6.92 Å². The van der Waals surface area contributed by atoms with Crippen molar-refractivity contribution in [2.24, 2.45) is 0 Å². The maximum absolute atomic E-state index is 11.8. The first kappa shape index (κ1) is 14.7. The number of thiophene rings is 1. The Kier molecular flexibility index (Phi) is 6.43. The Morgan fingerprint density at radius 1 is 1.39 bits per heavy atom. The third-order valence-electron chi connectivity index (χ3n) is 2.46. The van der Waals surface area contributed by atoms with Crippen molar-refractivity contribution in [1.82, 2.24) is 4.90 Å². The zero-order valence-corrected chi connectivity index (χ0v) is 11.7. The van der Waals surface area contributed by atoms with E-state index in [0.29, 0.717) is 11.5 Å². The van der Waals surface area contributed by atoms with Crippen molar-refractivity contribution < 1.29 is 14.3 Å². The monoisotopic (exact) mass is 269 g/mol. The molecule has 1 rings (SSSR count). The van der Waals surface area contributed by atoms with Crippen LogP contribution in [0.3, 0.4) is 0 Å². The molecule has 0 unspecified atom stereocenters. The largest absolute Gasteiger partial charge is 0.464 e. The van der Waals surface area contributed by atoms with E-state index in [1.165, 1.54) is 16.2 Å². The summed E-state index contributed by atoms with van der Waals surface area (Å²) in [6, 6.07) is 3.56. The molecule has 1 amide bonds. The minimum absolute atomic E-state index is 0.00284. The molecule has 0 radical (unpaired) electrons. The lowest BCUT2D eigenvalue weighted by atomic mass is 10.3. The number of nitrogens with zero attached hydrogens (tertiary/aromatic N) is 1. The average molecular weight is 269 g/mol. The molecule has 0 saturated carbocycles. The van der Waals surface area contributed by atoms with E-state index >= 15 is 0 Å². The fourth-order valence-electron chi connectivity index (χ4n) is 1.44. The van der Waals surface area contributed by atoms with Gasteiger partial charge in [0.25, 0.3) is 5.91 Å². The van der Waals surface area contributed by atoms with E-state index < -0.39 is 0 Å². The lowest BCUT2D eigenvalue weighted by Crippen LogP contribution is -2.32. The topological polar surface area (TPSA) is 46.6 Å². The molecule has 0 N–H and O–H groups in total. The Labute approximate surface area is 112 Å². The molecule has 1 heterocycles. The maximum atomic E-state index is 11.8. The highest BCUT2D eigenvalue weighted by molar-refractivity contribution is 7.12. The van der Waals surface area contributed by atoms with Gasteiger partial charge in [0.1, 0.15) is 6.54 Å². The normalized spacial score (nSPS) is 10.1. The van der Waals surface area contributed by atoms with Crippen LogP contribution in [-0.2, 0) is 9.53 Å². The first-order valence-electron chi connectivity index (χ1n) is 6.09. The zero-order valence-electron chi connectivity index (χ0n) is 10.8. The molecule has 0 atom stereocenters. The van der Waals surface area contributed by atoms with Crippen molar-refractivity contribution in [2.45, 2.75) is 26.2 Å². The number of carbonyl (C=O) groups excluding carboxylic acids is 2. The van der Waals surface area contributed by atoms with E-state index in [-0.39, 0.29) is 18.4 Å². The third kappa shape index (κ3) is 4.87. The molecule has 1 aromatic rings. The number of esters is 1. The molecule has 0 saturated heterocycles. The van der Waals surface area contributed by atoms with Gasteiger partial charge in [0.2, 0.25) is 0 Å². The van der Waals surface area contributed by atoms with E-state index in [4.69, 9.17) is 4.74 Å². The Balaban J connectivity index is 2.29. The Morgan fingerprint density at radius 3 is 2.78 bits per heavy atom. The fraction of sp³-hybridized carbons (Fsp3) is 0.538. The Morgan fingerprint density at radius 2 is 2.17 bits per heavy atom. The number of amides is 1. The molecule has 0 aliphatic carbocycles. The standard InChI is InChI=1S/C13H19NO3S/c1-3-4-5-8-17-12(15)10-14(2)13(16)11-7-6-9-18-11/h6-7,9H,3-5,8,10H2,1-2H3. The molecule has 100 valence electrons. The summed E-state index contributed by atoms with van der Waals surface area (Å²) in [4.78, 5) is 25.3. The average Bonchev–Trinajstić information content (AvgIpc) is 2.87. The summed E-state index contributed by atoms with van der Waals surface area (Å²) in [5, 5.41) is 1.84.